The van der Waals surface area contributed by atoms with Crippen molar-refractivity contribution in [2.45, 2.75) is 77.5 Å². The van der Waals surface area contributed by atoms with Gasteiger partial charge in [0, 0.05) is 70.1 Å². The zero-order chi connectivity index (χ0) is 46.7. The van der Waals surface area contributed by atoms with E-state index >= 15 is 0 Å². The number of thioether (sulfide) groups is 4. The molecule has 0 unspecified atom stereocenters. The molecule has 4 aliphatic rings. The second-order valence-electron chi connectivity index (χ2n) is 20.8. The number of aliphatic imine (C=N–C) groups is 4. The highest BCUT2D eigenvalue weighted by Gasteiger charge is 2.31. The van der Waals surface area contributed by atoms with E-state index in [9.17, 15) is 0 Å². The molecule has 0 radical (unpaired) electrons. The maximum absolute atomic E-state index is 5.06. The molecule has 4 aliphatic heterocycles. The van der Waals surface area contributed by atoms with Gasteiger partial charge in [0.1, 0.15) is 20.2 Å². The van der Waals surface area contributed by atoms with Crippen LogP contribution in [0.4, 0.5) is 0 Å². The Balaban J connectivity index is 1.08. The summed E-state index contributed by atoms with van der Waals surface area (Å²) in [5.74, 6) is 3.80. The molecule has 338 valence electrons. The number of nitrogens with zero attached hydrogens (tertiary/aromatic N) is 8. The van der Waals surface area contributed by atoms with E-state index < -0.39 is 0 Å². The lowest BCUT2D eigenvalue weighted by atomic mass is 9.82. The third-order valence-corrected chi connectivity index (χ3v) is 18.6. The van der Waals surface area contributed by atoms with Crippen LogP contribution in [0.15, 0.2) is 130 Å². The van der Waals surface area contributed by atoms with Gasteiger partial charge in [0.15, 0.2) is 0 Å². The Morgan fingerprint density at radius 3 is 0.735 bits per heavy atom. The first-order chi connectivity index (χ1) is 32.6. The molecule has 0 N–H and O–H groups in total. The number of hydrogen-bond donors (Lipinski definition) is 0. The second-order valence-corrected chi connectivity index (χ2v) is 24.7. The molecule has 4 aromatic heterocycles. The molecule has 68 heavy (non-hydrogen) atoms. The van der Waals surface area contributed by atoms with Crippen LogP contribution in [0.1, 0.15) is 78.2 Å². The predicted molar refractivity (Wildman–Crippen MR) is 295 cm³/mol. The van der Waals surface area contributed by atoms with Crippen LogP contribution in [0, 0.1) is 0 Å². The summed E-state index contributed by atoms with van der Waals surface area (Å²) in [4.78, 5) is 40.3. The number of rotatable bonds is 8. The van der Waals surface area contributed by atoms with E-state index in [1.165, 1.54) is 10.8 Å². The highest BCUT2D eigenvalue weighted by molar-refractivity contribution is 8.15. The lowest BCUT2D eigenvalue weighted by Crippen LogP contribution is -2.15. The highest BCUT2D eigenvalue weighted by Crippen LogP contribution is 2.49. The first kappa shape index (κ1) is 43.9. The van der Waals surface area contributed by atoms with E-state index in [0.717, 1.165) is 132 Å². The maximum Gasteiger partial charge on any atom is 0.117 e. The second kappa shape index (κ2) is 16.1. The van der Waals surface area contributed by atoms with Crippen molar-refractivity contribution in [2.75, 3.05) is 23.0 Å². The summed E-state index contributed by atoms with van der Waals surface area (Å²) in [6.45, 7) is 17.5. The van der Waals surface area contributed by atoms with Gasteiger partial charge in [-0.25, -0.2) is 0 Å². The minimum absolute atomic E-state index is 0.0971. The molecule has 0 fully saturated rings. The third kappa shape index (κ3) is 7.95. The zero-order valence-electron chi connectivity index (χ0n) is 39.4. The van der Waals surface area contributed by atoms with E-state index in [1.807, 2.05) is 24.8 Å². The fourth-order valence-electron chi connectivity index (χ4n) is 9.53. The summed E-state index contributed by atoms with van der Waals surface area (Å²) >= 11 is 7.13. The molecular weight excluding hydrogens is 913 g/mol. The van der Waals surface area contributed by atoms with E-state index in [2.05, 4.69) is 140 Å². The van der Waals surface area contributed by atoms with Crippen molar-refractivity contribution in [3.8, 4) is 44.5 Å². The Kier molecular flexibility index (Phi) is 10.4. The summed E-state index contributed by atoms with van der Waals surface area (Å²) in [5.41, 5.74) is 11.9. The third-order valence-electron chi connectivity index (χ3n) is 12.9. The van der Waals surface area contributed by atoms with Gasteiger partial charge in [0.25, 0.3) is 0 Å². The van der Waals surface area contributed by atoms with Gasteiger partial charge in [-0.15, -0.1) is 47.0 Å². The van der Waals surface area contributed by atoms with Crippen molar-refractivity contribution < 1.29 is 0 Å². The van der Waals surface area contributed by atoms with E-state index in [-0.39, 0.29) is 22.2 Å². The number of aromatic nitrogens is 4. The molecular formula is C56H50N8S4. The van der Waals surface area contributed by atoms with Gasteiger partial charge in [0.05, 0.1) is 44.9 Å². The van der Waals surface area contributed by atoms with Gasteiger partial charge in [-0.2, -0.15) is 0 Å². The average molecular weight is 963 g/mol. The van der Waals surface area contributed by atoms with Crippen LogP contribution in [-0.4, -0.2) is 85.3 Å². The van der Waals surface area contributed by atoms with Gasteiger partial charge in [0.2, 0.25) is 0 Å². The van der Waals surface area contributed by atoms with Crippen LogP contribution in [-0.2, 0) is 0 Å². The molecule has 0 aliphatic carbocycles. The standard InChI is InChI=1S/C56H50N8S4/c1-53(2)27-65-49(61-53)43-17-9-31(23-57-43)39-21-40(32-10-18-44(58-24-32)50-62-54(3,4)28-66-50)36-15-16-38-42(34-12-20-46(60-26-34)52-64-56(7,8)30-68-52)22-41(37-14-13-35(39)47(36)48(37)38)33-11-19-45(59-25-33)51-63-55(5,6)29-67-51/h9-26H,27-30H2,1-8H3. The Morgan fingerprint density at radius 2 is 0.559 bits per heavy atom. The minimum atomic E-state index is -0.0971. The van der Waals surface area contributed by atoms with Crippen LogP contribution >= 0.6 is 47.0 Å². The number of pyridine rings is 4. The highest BCUT2D eigenvalue weighted by atomic mass is 32.2. The first-order valence-corrected chi connectivity index (χ1v) is 27.1. The van der Waals surface area contributed by atoms with Crippen molar-refractivity contribution in [2.24, 2.45) is 20.0 Å². The fraction of sp³-hybridized carbons (Fsp3) is 0.286. The van der Waals surface area contributed by atoms with Crippen molar-refractivity contribution in [1.82, 2.24) is 19.9 Å². The van der Waals surface area contributed by atoms with Gasteiger partial charge in [-0.05, 0) is 146 Å². The lowest BCUT2D eigenvalue weighted by Gasteiger charge is -2.21. The van der Waals surface area contributed by atoms with Gasteiger partial charge in [-0.3, -0.25) is 39.9 Å². The summed E-state index contributed by atoms with van der Waals surface area (Å²) in [7, 11) is 0. The van der Waals surface area contributed by atoms with Crippen LogP contribution in [0.2, 0.25) is 0 Å². The maximum atomic E-state index is 5.06. The van der Waals surface area contributed by atoms with E-state index in [1.54, 1.807) is 47.0 Å². The molecule has 8 heterocycles. The molecule has 0 bridgehead atoms. The fourth-order valence-corrected chi connectivity index (χ4v) is 14.1. The summed E-state index contributed by atoms with van der Waals surface area (Å²) in [6.07, 6.45) is 8.10. The largest absolute Gasteiger partial charge is 0.269 e. The van der Waals surface area contributed by atoms with Crippen LogP contribution in [0.5, 0.6) is 0 Å². The van der Waals surface area contributed by atoms with E-state index in [4.69, 9.17) is 39.9 Å². The summed E-state index contributed by atoms with van der Waals surface area (Å²) in [6, 6.07) is 31.3. The molecule has 0 atom stereocenters. The van der Waals surface area contributed by atoms with Gasteiger partial charge < -0.3 is 0 Å². The first-order valence-electron chi connectivity index (χ1n) is 23.1. The SMILES string of the molecule is CC1(C)CSC(c2ccc(-c3cc(-c4ccc(C5=NC(C)(C)CS5)nc4)c4ccc5c(-c6ccc(C7=NC(C)(C)CS7)nc6)cc(-c6ccc(C7=NC(C)(C)CS7)nc6)c6ccc3c4c65)cn2)=N1. The molecule has 0 amide bonds. The van der Waals surface area contributed by atoms with Crippen LogP contribution in [0.25, 0.3) is 76.8 Å². The van der Waals surface area contributed by atoms with Crippen molar-refractivity contribution in [3.63, 3.8) is 0 Å². The molecule has 8 nitrogen and oxygen atoms in total. The molecule has 0 saturated carbocycles. The minimum Gasteiger partial charge on any atom is -0.269 e. The molecule has 4 aromatic carbocycles. The topological polar surface area (TPSA) is 101 Å². The lowest BCUT2D eigenvalue weighted by molar-refractivity contribution is 0.604. The van der Waals surface area contributed by atoms with E-state index in [0.29, 0.717) is 0 Å². The summed E-state index contributed by atoms with van der Waals surface area (Å²) in [5, 5.41) is 11.1. The number of benzene rings is 4. The summed E-state index contributed by atoms with van der Waals surface area (Å²) < 4.78 is 0. The Bertz CT molecular complexity index is 3020. The zero-order valence-corrected chi connectivity index (χ0v) is 42.7. The molecule has 0 saturated heterocycles. The smallest absolute Gasteiger partial charge is 0.117 e. The average Bonchev–Trinajstić information content (AvgIpc) is 4.11. The Hall–Kier alpha value is -5.40. The normalized spacial score (nSPS) is 19.2. The molecule has 12 heteroatoms. The number of hydrogen-bond acceptors (Lipinski definition) is 12. The van der Waals surface area contributed by atoms with Gasteiger partial charge >= 0.3 is 0 Å². The van der Waals surface area contributed by atoms with Gasteiger partial charge in [-0.1, -0.05) is 48.5 Å². The predicted octanol–water partition coefficient (Wildman–Crippen LogP) is 13.9. The van der Waals surface area contributed by atoms with Crippen molar-refractivity contribution in [1.29, 1.82) is 0 Å². The monoisotopic (exact) mass is 962 g/mol. The molecule has 8 aromatic rings. The Labute approximate surface area is 414 Å². The van der Waals surface area contributed by atoms with Crippen molar-refractivity contribution in [3.05, 3.63) is 132 Å². The van der Waals surface area contributed by atoms with Crippen LogP contribution < -0.4 is 0 Å². The molecule has 0 spiro atoms. The van der Waals surface area contributed by atoms with Crippen LogP contribution in [0.3, 0.4) is 0 Å². The molecule has 12 rings (SSSR count). The van der Waals surface area contributed by atoms with Crippen molar-refractivity contribution >= 4 is 99.5 Å². The Morgan fingerprint density at radius 1 is 0.324 bits per heavy atom. The quantitative estimate of drug-likeness (QED) is 0.139.